The molecule has 1 aliphatic heterocycles. The summed E-state index contributed by atoms with van der Waals surface area (Å²) in [6.45, 7) is 1.33. The van der Waals surface area contributed by atoms with Gasteiger partial charge in [0.2, 0.25) is 11.7 Å². The van der Waals surface area contributed by atoms with Crippen molar-refractivity contribution in [1.29, 1.82) is 0 Å². The molecule has 2 amide bonds. The van der Waals surface area contributed by atoms with Gasteiger partial charge in [-0.05, 0) is 53.4 Å². The predicted molar refractivity (Wildman–Crippen MR) is 151 cm³/mol. The number of nitrogens with two attached hydrogens (primary N) is 1. The molecule has 14 heteroatoms. The first-order chi connectivity index (χ1) is 20.1. The molecule has 13 nitrogen and oxygen atoms in total. The minimum atomic E-state index is -2.80. The number of phenolic OH excluding ortho intramolecular Hbond substituents is 1. The van der Waals surface area contributed by atoms with E-state index in [-0.39, 0.29) is 36.7 Å². The number of nitrogens with one attached hydrogen (secondary N) is 1. The number of likely N-dealkylation sites (N-methyl/N-ethyl adjacent to an activating group) is 2. The van der Waals surface area contributed by atoms with Crippen molar-refractivity contribution in [1.82, 2.24) is 14.7 Å². The van der Waals surface area contributed by atoms with E-state index in [1.807, 2.05) is 19.0 Å². The van der Waals surface area contributed by atoms with Crippen molar-refractivity contribution in [3.8, 4) is 5.75 Å². The molecule has 7 N–H and O–H groups in total. The van der Waals surface area contributed by atoms with Crippen LogP contribution in [-0.2, 0) is 25.6 Å². The van der Waals surface area contributed by atoms with Crippen molar-refractivity contribution in [3.05, 3.63) is 39.9 Å². The van der Waals surface area contributed by atoms with Gasteiger partial charge in [0.25, 0.3) is 5.91 Å². The largest absolute Gasteiger partial charge is 0.508 e. The van der Waals surface area contributed by atoms with Crippen molar-refractivity contribution >= 4 is 34.8 Å². The van der Waals surface area contributed by atoms with Crippen LogP contribution < -0.4 is 11.1 Å². The van der Waals surface area contributed by atoms with Crippen molar-refractivity contribution in [2.75, 3.05) is 53.1 Å². The Morgan fingerprint density at radius 3 is 2.42 bits per heavy atom. The number of anilines is 1. The summed E-state index contributed by atoms with van der Waals surface area (Å²) >= 11 is 0. The minimum Gasteiger partial charge on any atom is -0.508 e. The first-order valence-corrected chi connectivity index (χ1v) is 14.0. The molecule has 0 spiro atoms. The molecule has 1 aromatic carbocycles. The van der Waals surface area contributed by atoms with Crippen LogP contribution in [0.15, 0.2) is 23.0 Å². The van der Waals surface area contributed by atoms with E-state index in [0.29, 0.717) is 13.1 Å². The number of likely N-dealkylation sites (tertiary alicyclic amines) is 1. The molecular formula is C29H36FN5O8. The SMILES string of the molecule is CN(C)[C@@H]1CCN(CC(=O)Nc2cc(F)c3c(c2O)C(O)=C2C(=O)[C@]4(O)C(O)=C(C(N)=O)C(=O)[C@@H](N(C)C)[C@@H]4C[C@@H]2C3)C1. The quantitative estimate of drug-likeness (QED) is 0.185. The third-order valence-electron chi connectivity index (χ3n) is 9.29. The molecule has 2 fully saturated rings. The Morgan fingerprint density at radius 2 is 1.84 bits per heavy atom. The lowest BCUT2D eigenvalue weighted by atomic mass is 9.57. The number of hydrogen-bond donors (Lipinski definition) is 6. The van der Waals surface area contributed by atoms with Crippen LogP contribution >= 0.6 is 0 Å². The van der Waals surface area contributed by atoms with Gasteiger partial charge in [-0.2, -0.15) is 0 Å². The average Bonchev–Trinajstić information content (AvgIpc) is 3.37. The third kappa shape index (κ3) is 4.69. The fourth-order valence-electron chi connectivity index (χ4n) is 7.13. The maximum Gasteiger partial charge on any atom is 0.255 e. The van der Waals surface area contributed by atoms with Gasteiger partial charge in [0.15, 0.2) is 17.1 Å². The van der Waals surface area contributed by atoms with E-state index in [4.69, 9.17) is 5.73 Å². The van der Waals surface area contributed by atoms with E-state index in [9.17, 15) is 39.6 Å². The number of hydrogen-bond acceptors (Lipinski definition) is 11. The lowest BCUT2D eigenvalue weighted by Crippen LogP contribution is -2.65. The number of fused-ring (bicyclic) bond motifs is 3. The van der Waals surface area contributed by atoms with E-state index in [1.165, 1.54) is 19.0 Å². The molecule has 1 saturated carbocycles. The number of phenols is 1. The van der Waals surface area contributed by atoms with Crippen molar-refractivity contribution in [2.24, 2.45) is 17.6 Å². The Bertz CT molecular complexity index is 1500. The summed E-state index contributed by atoms with van der Waals surface area (Å²) in [7, 11) is 6.88. The molecule has 5 atom stereocenters. The molecule has 0 bridgehead atoms. The van der Waals surface area contributed by atoms with Crippen LogP contribution in [0.3, 0.4) is 0 Å². The highest BCUT2D eigenvalue weighted by atomic mass is 19.1. The Labute approximate surface area is 247 Å². The number of aromatic hydroxyl groups is 1. The number of ketones is 2. The lowest BCUT2D eigenvalue weighted by molar-refractivity contribution is -0.153. The average molecular weight is 602 g/mol. The summed E-state index contributed by atoms with van der Waals surface area (Å²) < 4.78 is 15.5. The van der Waals surface area contributed by atoms with E-state index < -0.39 is 86.7 Å². The van der Waals surface area contributed by atoms with Crippen LogP contribution in [0.1, 0.15) is 24.0 Å². The Kier molecular flexibility index (Phi) is 7.61. The number of nitrogens with zero attached hydrogens (tertiary/aromatic N) is 3. The Morgan fingerprint density at radius 1 is 1.16 bits per heavy atom. The molecule has 43 heavy (non-hydrogen) atoms. The van der Waals surface area contributed by atoms with Crippen LogP contribution in [0.25, 0.3) is 5.76 Å². The minimum absolute atomic E-state index is 0.00982. The highest BCUT2D eigenvalue weighted by Crippen LogP contribution is 2.53. The second kappa shape index (κ2) is 10.7. The third-order valence-corrected chi connectivity index (χ3v) is 9.29. The van der Waals surface area contributed by atoms with Gasteiger partial charge in [0.05, 0.1) is 23.8 Å². The van der Waals surface area contributed by atoms with E-state index in [1.54, 1.807) is 0 Å². The highest BCUT2D eigenvalue weighted by molar-refractivity contribution is 6.24. The molecule has 1 saturated heterocycles. The monoisotopic (exact) mass is 601 g/mol. The first-order valence-electron chi connectivity index (χ1n) is 14.0. The molecular weight excluding hydrogens is 565 g/mol. The number of aliphatic hydroxyl groups is 3. The summed E-state index contributed by atoms with van der Waals surface area (Å²) in [6.07, 6.45) is 0.522. The Balaban J connectivity index is 1.53. The molecule has 232 valence electrons. The van der Waals surface area contributed by atoms with Crippen LogP contribution in [0.2, 0.25) is 0 Å². The predicted octanol–water partition coefficient (Wildman–Crippen LogP) is -0.322. The number of amides is 2. The topological polar surface area (TPSA) is 197 Å². The number of primary amides is 1. The fraction of sp³-hybridized carbons (Fsp3) is 0.517. The van der Waals surface area contributed by atoms with E-state index >= 15 is 4.39 Å². The molecule has 4 aliphatic rings. The summed E-state index contributed by atoms with van der Waals surface area (Å²) in [5.74, 6) is -9.67. The Hall–Kier alpha value is -3.85. The van der Waals surface area contributed by atoms with Gasteiger partial charge >= 0.3 is 0 Å². The number of aliphatic hydroxyl groups excluding tert-OH is 2. The maximum atomic E-state index is 15.5. The zero-order chi connectivity index (χ0) is 31.7. The van der Waals surface area contributed by atoms with E-state index in [2.05, 4.69) is 10.2 Å². The molecule has 1 aromatic rings. The summed E-state index contributed by atoms with van der Waals surface area (Å²) in [5.41, 5.74) is 0.340. The second-order valence-corrected chi connectivity index (χ2v) is 12.3. The van der Waals surface area contributed by atoms with Crippen LogP contribution in [0, 0.1) is 17.7 Å². The van der Waals surface area contributed by atoms with Crippen LogP contribution in [0.5, 0.6) is 5.75 Å². The first kappa shape index (κ1) is 30.6. The lowest BCUT2D eigenvalue weighted by Gasteiger charge is -2.50. The highest BCUT2D eigenvalue weighted by Gasteiger charge is 2.64. The normalized spacial score (nSPS) is 29.2. The second-order valence-electron chi connectivity index (χ2n) is 12.3. The zero-order valence-electron chi connectivity index (χ0n) is 24.3. The number of carbonyl (C=O) groups is 4. The van der Waals surface area contributed by atoms with Gasteiger partial charge in [-0.1, -0.05) is 0 Å². The standard InChI is InChI=1S/C29H36FN5O8/c1-33(2)13-5-6-35(10-13)11-18(36)32-17-9-16(30)14-7-12-8-15-22(34(3)4)25(39)21(28(31)42)27(41)29(15,43)26(40)19(12)24(38)20(14)23(17)37/h9,12-13,15,22,37-38,41,43H,5-8,10-11H2,1-4H3,(H2,31,42)(H,32,36)/t12-,13+,15-,22-,29-/m0/s1. The van der Waals surface area contributed by atoms with Gasteiger partial charge in [-0.15, -0.1) is 0 Å². The summed E-state index contributed by atoms with van der Waals surface area (Å²) in [5, 5.41) is 47.5. The number of halogens is 1. The van der Waals surface area contributed by atoms with Gasteiger partial charge < -0.3 is 36.4 Å². The van der Waals surface area contributed by atoms with Gasteiger partial charge in [-0.25, -0.2) is 4.39 Å². The van der Waals surface area contributed by atoms with Crippen LogP contribution in [-0.4, -0.2) is 124 Å². The summed E-state index contributed by atoms with van der Waals surface area (Å²) in [4.78, 5) is 57.3. The van der Waals surface area contributed by atoms with Gasteiger partial charge in [0, 0.05) is 42.3 Å². The maximum absolute atomic E-state index is 15.5. The molecule has 0 unspecified atom stereocenters. The van der Waals surface area contributed by atoms with Crippen molar-refractivity contribution in [2.45, 2.75) is 36.9 Å². The number of carbonyl (C=O) groups excluding carboxylic acids is 4. The molecule has 0 aromatic heterocycles. The smallest absolute Gasteiger partial charge is 0.255 e. The molecule has 1 heterocycles. The molecule has 5 rings (SSSR count). The van der Waals surface area contributed by atoms with Gasteiger partial charge in [0.1, 0.15) is 22.9 Å². The fourth-order valence-corrected chi connectivity index (χ4v) is 7.13. The van der Waals surface area contributed by atoms with Crippen molar-refractivity contribution in [3.63, 3.8) is 0 Å². The van der Waals surface area contributed by atoms with Crippen LogP contribution in [0.4, 0.5) is 10.1 Å². The zero-order valence-corrected chi connectivity index (χ0v) is 24.3. The number of benzene rings is 1. The van der Waals surface area contributed by atoms with Gasteiger partial charge in [-0.3, -0.25) is 29.0 Å². The number of Topliss-reactive ketones (excluding diaryl/α,β-unsaturated/α-hetero) is 2. The van der Waals surface area contributed by atoms with Crippen molar-refractivity contribution < 1.29 is 44.0 Å². The summed E-state index contributed by atoms with van der Waals surface area (Å²) in [6, 6.07) is -0.0138. The number of rotatable bonds is 6. The van der Waals surface area contributed by atoms with E-state index in [0.717, 1.165) is 12.5 Å². The molecule has 3 aliphatic carbocycles. The molecule has 0 radical (unpaired) electrons.